The second-order valence-corrected chi connectivity index (χ2v) is 7.94. The van der Waals surface area contributed by atoms with Gasteiger partial charge in [0.2, 0.25) is 0 Å². The van der Waals surface area contributed by atoms with E-state index in [9.17, 15) is 9.32 Å². The number of rotatable bonds is 2. The predicted octanol–water partition coefficient (Wildman–Crippen LogP) is 4.47. The summed E-state index contributed by atoms with van der Waals surface area (Å²) in [6.07, 6.45) is 0. The summed E-state index contributed by atoms with van der Waals surface area (Å²) in [5.74, 6) is 0.145. The molecule has 0 aliphatic heterocycles. The number of phenols is 1. The Bertz CT molecular complexity index is 680. The standard InChI is InChI=1S/C18H22O2S/c1-12-6-8-14(9-7-12)21(20)16-11-13(2)10-15(17(16)19)18(3,4)5/h6-11,19H,1-5H3. The van der Waals surface area contributed by atoms with Gasteiger partial charge in [-0.2, -0.15) is 0 Å². The first-order valence-electron chi connectivity index (χ1n) is 7.02. The van der Waals surface area contributed by atoms with Crippen molar-refractivity contribution in [3.63, 3.8) is 0 Å². The molecular formula is C18H22O2S. The van der Waals surface area contributed by atoms with E-state index in [1.807, 2.05) is 65.0 Å². The van der Waals surface area contributed by atoms with Gasteiger partial charge in [0.25, 0.3) is 0 Å². The summed E-state index contributed by atoms with van der Waals surface area (Å²) in [7, 11) is -1.37. The van der Waals surface area contributed by atoms with Gasteiger partial charge in [-0.3, -0.25) is 0 Å². The molecule has 0 saturated heterocycles. The highest BCUT2D eigenvalue weighted by Gasteiger charge is 2.23. The number of hydrogen-bond acceptors (Lipinski definition) is 2. The van der Waals surface area contributed by atoms with Crippen LogP contribution in [0.4, 0.5) is 0 Å². The van der Waals surface area contributed by atoms with Crippen molar-refractivity contribution in [3.8, 4) is 5.75 Å². The Morgan fingerprint density at radius 3 is 2.05 bits per heavy atom. The van der Waals surface area contributed by atoms with E-state index in [2.05, 4.69) is 0 Å². The number of aryl methyl sites for hydroxylation is 2. The summed E-state index contributed by atoms with van der Waals surface area (Å²) in [6, 6.07) is 11.3. The number of phenolic OH excluding ortho intramolecular Hbond substituents is 1. The SMILES string of the molecule is Cc1ccc(S(=O)c2cc(C)cc(C(C)(C)C)c2O)cc1. The quantitative estimate of drug-likeness (QED) is 0.888. The molecule has 2 nitrogen and oxygen atoms in total. The van der Waals surface area contributed by atoms with E-state index in [4.69, 9.17) is 0 Å². The number of hydrogen-bond donors (Lipinski definition) is 1. The van der Waals surface area contributed by atoms with Crippen LogP contribution in [0.1, 0.15) is 37.5 Å². The Labute approximate surface area is 129 Å². The molecule has 0 radical (unpaired) electrons. The molecule has 0 amide bonds. The van der Waals surface area contributed by atoms with E-state index in [0.29, 0.717) is 9.79 Å². The van der Waals surface area contributed by atoms with Crippen LogP contribution in [0.25, 0.3) is 0 Å². The first kappa shape index (κ1) is 15.8. The molecule has 1 atom stereocenters. The highest BCUT2D eigenvalue weighted by molar-refractivity contribution is 7.85. The fourth-order valence-electron chi connectivity index (χ4n) is 2.25. The van der Waals surface area contributed by atoms with Crippen molar-refractivity contribution >= 4 is 10.8 Å². The molecule has 1 unspecified atom stereocenters. The van der Waals surface area contributed by atoms with E-state index < -0.39 is 10.8 Å². The van der Waals surface area contributed by atoms with Gasteiger partial charge in [0.15, 0.2) is 0 Å². The number of aromatic hydroxyl groups is 1. The summed E-state index contributed by atoms with van der Waals surface area (Å²) < 4.78 is 12.8. The van der Waals surface area contributed by atoms with E-state index in [-0.39, 0.29) is 11.2 Å². The van der Waals surface area contributed by atoms with Gasteiger partial charge in [0, 0.05) is 10.5 Å². The molecule has 0 heterocycles. The van der Waals surface area contributed by atoms with Crippen LogP contribution < -0.4 is 0 Å². The van der Waals surface area contributed by atoms with Crippen LogP contribution in [0.5, 0.6) is 5.75 Å². The van der Waals surface area contributed by atoms with E-state index in [1.165, 1.54) is 0 Å². The van der Waals surface area contributed by atoms with Crippen molar-refractivity contribution < 1.29 is 9.32 Å². The Morgan fingerprint density at radius 2 is 1.52 bits per heavy atom. The molecule has 0 spiro atoms. The molecule has 2 aromatic rings. The lowest BCUT2D eigenvalue weighted by Crippen LogP contribution is -2.13. The molecule has 1 N–H and O–H groups in total. The van der Waals surface area contributed by atoms with Crippen molar-refractivity contribution in [2.45, 2.75) is 49.8 Å². The minimum Gasteiger partial charge on any atom is -0.506 e. The molecule has 2 aromatic carbocycles. The maximum Gasteiger partial charge on any atom is 0.135 e. The third kappa shape index (κ3) is 3.35. The first-order chi connectivity index (χ1) is 9.70. The van der Waals surface area contributed by atoms with Gasteiger partial charge in [0.05, 0.1) is 15.7 Å². The predicted molar refractivity (Wildman–Crippen MR) is 87.4 cm³/mol. The molecule has 21 heavy (non-hydrogen) atoms. The molecule has 0 aromatic heterocycles. The zero-order valence-corrected chi connectivity index (χ0v) is 14.0. The Hall–Kier alpha value is -1.61. The lowest BCUT2D eigenvalue weighted by Gasteiger charge is -2.22. The van der Waals surface area contributed by atoms with Crippen molar-refractivity contribution in [1.29, 1.82) is 0 Å². The summed E-state index contributed by atoms with van der Waals surface area (Å²) in [5, 5.41) is 10.5. The lowest BCUT2D eigenvalue weighted by atomic mass is 9.85. The highest BCUT2D eigenvalue weighted by atomic mass is 32.2. The molecule has 0 saturated carbocycles. The molecule has 0 aliphatic rings. The van der Waals surface area contributed by atoms with Gasteiger partial charge in [-0.05, 0) is 43.0 Å². The zero-order chi connectivity index (χ0) is 15.8. The average Bonchev–Trinajstić information content (AvgIpc) is 2.40. The van der Waals surface area contributed by atoms with Crippen LogP contribution in [0, 0.1) is 13.8 Å². The van der Waals surface area contributed by atoms with Crippen LogP contribution >= 0.6 is 0 Å². The fourth-order valence-corrected chi connectivity index (χ4v) is 3.46. The maximum absolute atomic E-state index is 12.8. The van der Waals surface area contributed by atoms with E-state index in [1.54, 1.807) is 6.07 Å². The van der Waals surface area contributed by atoms with Crippen molar-refractivity contribution in [2.75, 3.05) is 0 Å². The smallest absolute Gasteiger partial charge is 0.135 e. The van der Waals surface area contributed by atoms with Gasteiger partial charge in [-0.15, -0.1) is 0 Å². The normalized spacial score (nSPS) is 13.2. The van der Waals surface area contributed by atoms with Gasteiger partial charge in [0.1, 0.15) is 5.75 Å². The summed E-state index contributed by atoms with van der Waals surface area (Å²) in [6.45, 7) is 10.1. The van der Waals surface area contributed by atoms with Crippen molar-refractivity contribution in [1.82, 2.24) is 0 Å². The van der Waals surface area contributed by atoms with Crippen LogP contribution in [-0.2, 0) is 16.2 Å². The van der Waals surface area contributed by atoms with E-state index >= 15 is 0 Å². The second-order valence-electron chi connectivity index (χ2n) is 6.49. The third-order valence-electron chi connectivity index (χ3n) is 3.46. The Morgan fingerprint density at radius 1 is 0.952 bits per heavy atom. The molecule has 2 rings (SSSR count). The molecular weight excluding hydrogens is 280 g/mol. The molecule has 112 valence electrons. The minimum absolute atomic E-state index is 0.145. The zero-order valence-electron chi connectivity index (χ0n) is 13.2. The molecule has 0 bridgehead atoms. The van der Waals surface area contributed by atoms with E-state index in [0.717, 1.165) is 16.7 Å². The maximum atomic E-state index is 12.8. The van der Waals surface area contributed by atoms with Crippen molar-refractivity contribution in [3.05, 3.63) is 53.1 Å². The average molecular weight is 302 g/mol. The molecule has 0 aliphatic carbocycles. The monoisotopic (exact) mass is 302 g/mol. The van der Waals surface area contributed by atoms with Crippen LogP contribution in [0.15, 0.2) is 46.2 Å². The van der Waals surface area contributed by atoms with Gasteiger partial charge >= 0.3 is 0 Å². The van der Waals surface area contributed by atoms with Gasteiger partial charge in [-0.25, -0.2) is 4.21 Å². The second kappa shape index (κ2) is 5.64. The summed E-state index contributed by atoms with van der Waals surface area (Å²) >= 11 is 0. The highest BCUT2D eigenvalue weighted by Crippen LogP contribution is 2.37. The van der Waals surface area contributed by atoms with Gasteiger partial charge < -0.3 is 5.11 Å². The third-order valence-corrected chi connectivity index (χ3v) is 4.87. The Balaban J connectivity index is 2.56. The van der Waals surface area contributed by atoms with Crippen LogP contribution in [0.3, 0.4) is 0 Å². The van der Waals surface area contributed by atoms with Crippen LogP contribution in [-0.4, -0.2) is 9.32 Å². The topological polar surface area (TPSA) is 37.3 Å². The molecule has 3 heteroatoms. The lowest BCUT2D eigenvalue weighted by molar-refractivity contribution is 0.433. The van der Waals surface area contributed by atoms with Crippen LogP contribution in [0.2, 0.25) is 0 Å². The summed E-state index contributed by atoms with van der Waals surface area (Å²) in [4.78, 5) is 1.20. The molecule has 0 fully saturated rings. The summed E-state index contributed by atoms with van der Waals surface area (Å²) in [5.41, 5.74) is 2.77. The Kier molecular flexibility index (Phi) is 4.24. The van der Waals surface area contributed by atoms with Gasteiger partial charge in [-0.1, -0.05) is 44.5 Å². The largest absolute Gasteiger partial charge is 0.506 e. The fraction of sp³-hybridized carbons (Fsp3) is 0.333. The minimum atomic E-state index is -1.37. The number of benzene rings is 2. The van der Waals surface area contributed by atoms with Crippen molar-refractivity contribution in [2.24, 2.45) is 0 Å². The first-order valence-corrected chi connectivity index (χ1v) is 8.17.